The number of hydrogen-bond acceptors (Lipinski definition) is 5. The number of carboxylic acids is 2. The number of aliphatic carboxylic acids is 2. The van der Waals surface area contributed by atoms with Crippen LogP contribution in [-0.4, -0.2) is 35.2 Å². The third-order valence-electron chi connectivity index (χ3n) is 4.68. The van der Waals surface area contributed by atoms with E-state index in [1.165, 1.54) is 12.1 Å². The summed E-state index contributed by atoms with van der Waals surface area (Å²) in [5.41, 5.74) is 0.867. The topological polar surface area (TPSA) is 125 Å². The van der Waals surface area contributed by atoms with Gasteiger partial charge in [0.2, 0.25) is 5.91 Å². The Bertz CT molecular complexity index is 1170. The summed E-state index contributed by atoms with van der Waals surface area (Å²) in [5.74, 6) is -3.41. The summed E-state index contributed by atoms with van der Waals surface area (Å²) in [6.45, 7) is 0.368. The number of alkyl halides is 3. The predicted molar refractivity (Wildman–Crippen MR) is 124 cm³/mol. The summed E-state index contributed by atoms with van der Waals surface area (Å²) in [6, 6.07) is 20.2. The molecule has 0 aromatic heterocycles. The molecule has 36 heavy (non-hydrogen) atoms. The first-order valence-electron chi connectivity index (χ1n) is 10.4. The second kappa shape index (κ2) is 12.9. The molecule has 0 saturated carbocycles. The Balaban J connectivity index is 0.000000678. The molecule has 0 radical (unpaired) electrons. The predicted octanol–water partition coefficient (Wildman–Crippen LogP) is 4.34. The zero-order valence-electron chi connectivity index (χ0n) is 19.0. The Morgan fingerprint density at radius 1 is 0.889 bits per heavy atom. The Hall–Kier alpha value is -4.38. The lowest BCUT2D eigenvalue weighted by molar-refractivity contribution is -0.159. The average Bonchev–Trinajstić information content (AvgIpc) is 2.85. The lowest BCUT2D eigenvalue weighted by Crippen LogP contribution is -2.32. The van der Waals surface area contributed by atoms with Gasteiger partial charge < -0.3 is 20.3 Å². The molecule has 0 aliphatic rings. The molecule has 0 spiro atoms. The zero-order chi connectivity index (χ0) is 26.7. The summed E-state index contributed by atoms with van der Waals surface area (Å²) in [7, 11) is 1.57. The van der Waals surface area contributed by atoms with Crippen molar-refractivity contribution < 1.29 is 42.5 Å². The van der Waals surface area contributed by atoms with Gasteiger partial charge in [0, 0.05) is 12.2 Å². The zero-order valence-corrected chi connectivity index (χ0v) is 19.0. The van der Waals surface area contributed by atoms with Crippen LogP contribution in [0.15, 0.2) is 78.9 Å². The lowest BCUT2D eigenvalue weighted by atomic mass is 10.1. The fourth-order valence-electron chi connectivity index (χ4n) is 3.00. The van der Waals surface area contributed by atoms with E-state index in [4.69, 9.17) is 24.5 Å². The molecule has 3 aromatic rings. The van der Waals surface area contributed by atoms with Gasteiger partial charge in [0.1, 0.15) is 11.8 Å². The van der Waals surface area contributed by atoms with Gasteiger partial charge in [-0.05, 0) is 41.5 Å². The summed E-state index contributed by atoms with van der Waals surface area (Å²) in [6.07, 6.45) is -4.48. The largest absolute Gasteiger partial charge is 0.497 e. The molecule has 1 unspecified atom stereocenters. The maximum absolute atomic E-state index is 13.0. The van der Waals surface area contributed by atoms with Crippen LogP contribution < -0.4 is 15.4 Å². The second-order valence-corrected chi connectivity index (χ2v) is 7.25. The average molecular weight is 504 g/mol. The van der Waals surface area contributed by atoms with E-state index < -0.39 is 35.6 Å². The standard InChI is InChI=1S/C23H21F3N2O2.C2H2O4/c1-30-20-12-5-7-16(13-20)15-27-21(17-8-3-2-4-9-17)22(29)28-19-11-6-10-18(14-19)23(24,25)26;3-1(4)2(5)6/h2-14,21,27H,15H2,1H3,(H,28,29);(H,3,4)(H,5,6). The summed E-state index contributed by atoms with van der Waals surface area (Å²) in [4.78, 5) is 31.1. The van der Waals surface area contributed by atoms with E-state index in [2.05, 4.69) is 10.6 Å². The normalized spacial score (nSPS) is 11.4. The first kappa shape index (κ1) is 27.9. The molecular weight excluding hydrogens is 481 g/mol. The molecule has 11 heteroatoms. The van der Waals surface area contributed by atoms with E-state index in [9.17, 15) is 18.0 Å². The summed E-state index contributed by atoms with van der Waals surface area (Å²) >= 11 is 0. The van der Waals surface area contributed by atoms with Gasteiger partial charge in [-0.1, -0.05) is 48.5 Å². The van der Waals surface area contributed by atoms with Crippen molar-refractivity contribution >= 4 is 23.5 Å². The van der Waals surface area contributed by atoms with Crippen molar-refractivity contribution in [2.45, 2.75) is 18.8 Å². The quantitative estimate of drug-likeness (QED) is 0.353. The number of hydrogen-bond donors (Lipinski definition) is 4. The minimum atomic E-state index is -4.48. The lowest BCUT2D eigenvalue weighted by Gasteiger charge is -2.20. The number of carboxylic acid groups (broad SMARTS) is 2. The van der Waals surface area contributed by atoms with Gasteiger partial charge >= 0.3 is 18.1 Å². The fourth-order valence-corrected chi connectivity index (χ4v) is 3.00. The second-order valence-electron chi connectivity index (χ2n) is 7.25. The number of amides is 1. The monoisotopic (exact) mass is 504 g/mol. The van der Waals surface area contributed by atoms with Crippen LogP contribution in [0.4, 0.5) is 18.9 Å². The van der Waals surface area contributed by atoms with Crippen LogP contribution in [0.25, 0.3) is 0 Å². The van der Waals surface area contributed by atoms with E-state index >= 15 is 0 Å². The third kappa shape index (κ3) is 8.76. The Morgan fingerprint density at radius 2 is 1.53 bits per heavy atom. The highest BCUT2D eigenvalue weighted by Gasteiger charge is 2.30. The maximum Gasteiger partial charge on any atom is 0.416 e. The molecule has 0 aliphatic heterocycles. The van der Waals surface area contributed by atoms with E-state index in [1.54, 1.807) is 31.4 Å². The van der Waals surface area contributed by atoms with Crippen molar-refractivity contribution in [3.63, 3.8) is 0 Å². The van der Waals surface area contributed by atoms with Crippen molar-refractivity contribution in [3.05, 3.63) is 95.6 Å². The molecule has 190 valence electrons. The van der Waals surface area contributed by atoms with Crippen LogP contribution >= 0.6 is 0 Å². The number of methoxy groups -OCH3 is 1. The van der Waals surface area contributed by atoms with Crippen molar-refractivity contribution in [1.29, 1.82) is 0 Å². The summed E-state index contributed by atoms with van der Waals surface area (Å²) < 4.78 is 44.1. The molecule has 0 heterocycles. The molecule has 1 amide bonds. The molecule has 3 rings (SSSR count). The van der Waals surface area contributed by atoms with E-state index in [0.717, 1.165) is 17.7 Å². The Morgan fingerprint density at radius 3 is 2.11 bits per heavy atom. The third-order valence-corrected chi connectivity index (χ3v) is 4.68. The van der Waals surface area contributed by atoms with Crippen molar-refractivity contribution in [3.8, 4) is 5.75 Å². The minimum absolute atomic E-state index is 0.0823. The first-order chi connectivity index (χ1) is 17.0. The van der Waals surface area contributed by atoms with Crippen LogP contribution in [0, 0.1) is 0 Å². The number of ether oxygens (including phenoxy) is 1. The molecule has 0 bridgehead atoms. The molecule has 3 aromatic carbocycles. The van der Waals surface area contributed by atoms with Gasteiger partial charge in [-0.15, -0.1) is 0 Å². The molecular formula is C25H23F3N2O6. The van der Waals surface area contributed by atoms with Gasteiger partial charge in [0.25, 0.3) is 0 Å². The van der Waals surface area contributed by atoms with Crippen molar-refractivity contribution in [2.75, 3.05) is 12.4 Å². The molecule has 8 nitrogen and oxygen atoms in total. The number of benzene rings is 3. The number of nitrogens with one attached hydrogen (secondary N) is 2. The molecule has 0 fully saturated rings. The van der Waals surface area contributed by atoms with Gasteiger partial charge in [0.15, 0.2) is 0 Å². The van der Waals surface area contributed by atoms with Crippen LogP contribution in [0.1, 0.15) is 22.7 Å². The summed E-state index contributed by atoms with van der Waals surface area (Å²) in [5, 5.41) is 20.5. The highest BCUT2D eigenvalue weighted by Crippen LogP contribution is 2.31. The van der Waals surface area contributed by atoms with Crippen molar-refractivity contribution in [1.82, 2.24) is 5.32 Å². The number of carbonyl (C=O) groups excluding carboxylic acids is 1. The maximum atomic E-state index is 13.0. The molecule has 0 aliphatic carbocycles. The SMILES string of the molecule is COc1cccc(CNC(C(=O)Nc2cccc(C(F)(F)F)c2)c2ccccc2)c1.O=C(O)C(=O)O. The van der Waals surface area contributed by atoms with Gasteiger partial charge in [-0.3, -0.25) is 10.1 Å². The van der Waals surface area contributed by atoms with Crippen LogP contribution in [0.3, 0.4) is 0 Å². The fraction of sp³-hybridized carbons (Fsp3) is 0.160. The van der Waals surface area contributed by atoms with Gasteiger partial charge in [-0.25, -0.2) is 9.59 Å². The van der Waals surface area contributed by atoms with Crippen LogP contribution in [0.5, 0.6) is 5.75 Å². The van der Waals surface area contributed by atoms with E-state index in [0.29, 0.717) is 17.9 Å². The van der Waals surface area contributed by atoms with Crippen LogP contribution in [-0.2, 0) is 27.1 Å². The smallest absolute Gasteiger partial charge is 0.416 e. The van der Waals surface area contributed by atoms with E-state index in [-0.39, 0.29) is 5.69 Å². The Kier molecular flexibility index (Phi) is 9.99. The Labute approximate surface area is 204 Å². The van der Waals surface area contributed by atoms with E-state index in [1.807, 2.05) is 30.3 Å². The number of anilines is 1. The number of rotatable bonds is 7. The first-order valence-corrected chi connectivity index (χ1v) is 10.4. The van der Waals surface area contributed by atoms with Crippen molar-refractivity contribution in [2.24, 2.45) is 0 Å². The number of halogens is 3. The highest BCUT2D eigenvalue weighted by atomic mass is 19.4. The number of carbonyl (C=O) groups is 3. The molecule has 0 saturated heterocycles. The van der Waals surface area contributed by atoms with Gasteiger partial charge in [0.05, 0.1) is 12.7 Å². The highest BCUT2D eigenvalue weighted by molar-refractivity contribution is 6.27. The van der Waals surface area contributed by atoms with Gasteiger partial charge in [-0.2, -0.15) is 13.2 Å². The van der Waals surface area contributed by atoms with Crippen LogP contribution in [0.2, 0.25) is 0 Å². The molecule has 1 atom stereocenters. The minimum Gasteiger partial charge on any atom is -0.497 e. The molecule has 4 N–H and O–H groups in total.